The minimum atomic E-state index is -3.69. The van der Waals surface area contributed by atoms with Crippen LogP contribution < -0.4 is 0 Å². The summed E-state index contributed by atoms with van der Waals surface area (Å²) in [5, 5.41) is 7.62. The third-order valence-electron chi connectivity index (χ3n) is 2.34. The van der Waals surface area contributed by atoms with Crippen LogP contribution in [-0.4, -0.2) is 18.6 Å². The van der Waals surface area contributed by atoms with Crippen molar-refractivity contribution in [3.8, 4) is 0 Å². The molecule has 0 fully saturated rings. The predicted molar refractivity (Wildman–Crippen MR) is 68.4 cm³/mol. The molecule has 0 saturated heterocycles. The van der Waals surface area contributed by atoms with E-state index >= 15 is 0 Å². The van der Waals surface area contributed by atoms with Crippen molar-refractivity contribution in [2.45, 2.75) is 25.2 Å². The van der Waals surface area contributed by atoms with E-state index in [-0.39, 0.29) is 10.7 Å². The molecule has 0 unspecified atom stereocenters. The number of nitrogens with one attached hydrogen (secondary N) is 1. The first-order valence-corrected chi connectivity index (χ1v) is 6.68. The Labute approximate surface area is 102 Å². The van der Waals surface area contributed by atoms with Gasteiger partial charge in [-0.2, -0.15) is 0 Å². The molecule has 4 nitrogen and oxygen atoms in total. The maximum atomic E-state index is 12.2. The number of benzene rings is 1. The lowest BCUT2D eigenvalue weighted by Gasteiger charge is -2.19. The van der Waals surface area contributed by atoms with Crippen LogP contribution in [0.5, 0.6) is 0 Å². The Hall–Kier alpha value is -1.62. The van der Waals surface area contributed by atoms with Crippen LogP contribution in [0.1, 0.15) is 18.9 Å². The van der Waals surface area contributed by atoms with Crippen molar-refractivity contribution in [1.29, 1.82) is 5.41 Å². The lowest BCUT2D eigenvalue weighted by molar-refractivity contribution is 0.560. The number of hydrogen-bond donors (Lipinski definition) is 1. The number of rotatable bonds is 4. The molecule has 0 spiro atoms. The summed E-state index contributed by atoms with van der Waals surface area (Å²) < 4.78 is 25.3. The highest BCUT2D eigenvalue weighted by Crippen LogP contribution is 2.17. The highest BCUT2D eigenvalue weighted by atomic mass is 32.2. The molecule has 0 bridgehead atoms. The SMILES string of the molecule is C=CN(C(=N)CC)S(=O)(=O)c1ccc(C)cc1. The monoisotopic (exact) mass is 252 g/mol. The lowest BCUT2D eigenvalue weighted by Crippen LogP contribution is -2.31. The van der Waals surface area contributed by atoms with E-state index in [0.29, 0.717) is 6.42 Å². The molecule has 0 aliphatic carbocycles. The molecule has 17 heavy (non-hydrogen) atoms. The smallest absolute Gasteiger partial charge is 0.269 e. The van der Waals surface area contributed by atoms with Crippen LogP contribution >= 0.6 is 0 Å². The van der Waals surface area contributed by atoms with Crippen LogP contribution in [0, 0.1) is 12.3 Å². The number of amidine groups is 1. The van der Waals surface area contributed by atoms with Gasteiger partial charge in [-0.1, -0.05) is 31.2 Å². The van der Waals surface area contributed by atoms with Crippen LogP contribution in [0.4, 0.5) is 0 Å². The second-order valence-corrected chi connectivity index (χ2v) is 5.41. The Morgan fingerprint density at radius 1 is 1.41 bits per heavy atom. The van der Waals surface area contributed by atoms with Crippen molar-refractivity contribution in [3.05, 3.63) is 42.6 Å². The van der Waals surface area contributed by atoms with Crippen LogP contribution in [0.3, 0.4) is 0 Å². The molecule has 0 heterocycles. The van der Waals surface area contributed by atoms with Crippen molar-refractivity contribution < 1.29 is 8.42 Å². The van der Waals surface area contributed by atoms with Crippen molar-refractivity contribution in [3.63, 3.8) is 0 Å². The van der Waals surface area contributed by atoms with E-state index < -0.39 is 10.0 Å². The average molecular weight is 252 g/mol. The first-order valence-electron chi connectivity index (χ1n) is 5.24. The van der Waals surface area contributed by atoms with Gasteiger partial charge in [0, 0.05) is 12.6 Å². The van der Waals surface area contributed by atoms with Crippen molar-refractivity contribution >= 4 is 15.9 Å². The molecular formula is C12H16N2O2S. The Morgan fingerprint density at radius 2 is 1.94 bits per heavy atom. The van der Waals surface area contributed by atoms with Gasteiger partial charge < -0.3 is 0 Å². The third-order valence-corrected chi connectivity index (χ3v) is 4.10. The predicted octanol–water partition coefficient (Wildman–Crippen LogP) is 2.52. The molecule has 0 saturated carbocycles. The molecule has 1 rings (SSSR count). The molecular weight excluding hydrogens is 236 g/mol. The highest BCUT2D eigenvalue weighted by molar-refractivity contribution is 7.89. The van der Waals surface area contributed by atoms with E-state index in [1.54, 1.807) is 19.1 Å². The largest absolute Gasteiger partial charge is 0.287 e. The van der Waals surface area contributed by atoms with E-state index in [1.165, 1.54) is 12.1 Å². The van der Waals surface area contributed by atoms with Gasteiger partial charge in [0.15, 0.2) is 0 Å². The minimum Gasteiger partial charge on any atom is -0.287 e. The fourth-order valence-corrected chi connectivity index (χ4v) is 2.66. The lowest BCUT2D eigenvalue weighted by atomic mass is 10.2. The number of nitrogens with zero attached hydrogens (tertiary/aromatic N) is 1. The first kappa shape index (κ1) is 13.4. The van der Waals surface area contributed by atoms with Gasteiger partial charge in [0.05, 0.1) is 4.90 Å². The van der Waals surface area contributed by atoms with E-state index in [9.17, 15) is 8.42 Å². The van der Waals surface area contributed by atoms with Gasteiger partial charge in [-0.25, -0.2) is 12.7 Å². The number of hydrogen-bond acceptors (Lipinski definition) is 3. The summed E-state index contributed by atoms with van der Waals surface area (Å²) in [5.74, 6) is 0.000532. The third kappa shape index (κ3) is 2.74. The molecule has 0 amide bonds. The quantitative estimate of drug-likeness (QED) is 0.661. The Morgan fingerprint density at radius 3 is 2.35 bits per heavy atom. The van der Waals surface area contributed by atoms with Gasteiger partial charge in [-0.05, 0) is 19.1 Å². The zero-order valence-electron chi connectivity index (χ0n) is 9.97. The summed E-state index contributed by atoms with van der Waals surface area (Å²) >= 11 is 0. The average Bonchev–Trinajstić information content (AvgIpc) is 2.29. The zero-order valence-corrected chi connectivity index (χ0v) is 10.8. The molecule has 0 aliphatic heterocycles. The normalized spacial score (nSPS) is 10.9. The molecule has 0 atom stereocenters. The van der Waals surface area contributed by atoms with E-state index in [4.69, 9.17) is 5.41 Å². The summed E-state index contributed by atoms with van der Waals surface area (Å²) in [6.07, 6.45) is 1.48. The van der Waals surface area contributed by atoms with Crippen LogP contribution in [0.2, 0.25) is 0 Å². The standard InChI is InChI=1S/C12H16N2O2S/c1-4-12(13)14(5-2)17(15,16)11-8-6-10(3)7-9-11/h5-9,13H,2,4H2,1,3H3. The molecule has 1 aromatic carbocycles. The van der Waals surface area contributed by atoms with Crippen LogP contribution in [0.15, 0.2) is 41.9 Å². The zero-order chi connectivity index (χ0) is 13.1. The second-order valence-electron chi connectivity index (χ2n) is 3.60. The molecule has 0 aromatic heterocycles. The van der Waals surface area contributed by atoms with Gasteiger partial charge in [0.25, 0.3) is 10.0 Å². The maximum Gasteiger partial charge on any atom is 0.269 e. The Balaban J connectivity index is 3.22. The fourth-order valence-electron chi connectivity index (χ4n) is 1.33. The van der Waals surface area contributed by atoms with Crippen LogP contribution in [-0.2, 0) is 10.0 Å². The Kier molecular flexibility index (Phi) is 4.07. The van der Waals surface area contributed by atoms with Crippen molar-refractivity contribution in [2.24, 2.45) is 0 Å². The topological polar surface area (TPSA) is 61.2 Å². The highest BCUT2D eigenvalue weighted by Gasteiger charge is 2.23. The van der Waals surface area contributed by atoms with Gasteiger partial charge in [0.2, 0.25) is 0 Å². The fraction of sp³-hybridized carbons (Fsp3) is 0.250. The van der Waals surface area contributed by atoms with E-state index in [1.807, 2.05) is 6.92 Å². The van der Waals surface area contributed by atoms with E-state index in [2.05, 4.69) is 6.58 Å². The maximum absolute atomic E-state index is 12.2. The number of sulfonamides is 1. The summed E-state index contributed by atoms with van der Waals surface area (Å²) in [6, 6.07) is 6.52. The van der Waals surface area contributed by atoms with Crippen LogP contribution in [0.25, 0.3) is 0 Å². The van der Waals surface area contributed by atoms with Gasteiger partial charge in [0.1, 0.15) is 5.84 Å². The van der Waals surface area contributed by atoms with Gasteiger partial charge in [-0.3, -0.25) is 5.41 Å². The molecule has 0 radical (unpaired) electrons. The first-order chi connectivity index (χ1) is 7.93. The summed E-state index contributed by atoms with van der Waals surface area (Å²) in [5.41, 5.74) is 0.986. The summed E-state index contributed by atoms with van der Waals surface area (Å²) in [4.78, 5) is 0.168. The Bertz CT molecular complexity index is 518. The molecule has 1 N–H and O–H groups in total. The molecule has 92 valence electrons. The molecule has 0 aliphatic rings. The second kappa shape index (κ2) is 5.14. The summed E-state index contributed by atoms with van der Waals surface area (Å²) in [6.45, 7) is 7.06. The minimum absolute atomic E-state index is 0.000532. The summed E-state index contributed by atoms with van der Waals surface area (Å²) in [7, 11) is -3.69. The van der Waals surface area contributed by atoms with Crippen molar-refractivity contribution in [2.75, 3.05) is 0 Å². The van der Waals surface area contributed by atoms with Crippen molar-refractivity contribution in [1.82, 2.24) is 4.31 Å². The molecule has 1 aromatic rings. The molecule has 5 heteroatoms. The van der Waals surface area contributed by atoms with E-state index in [0.717, 1.165) is 16.1 Å². The van der Waals surface area contributed by atoms with Gasteiger partial charge in [-0.15, -0.1) is 0 Å². The van der Waals surface area contributed by atoms with Gasteiger partial charge >= 0.3 is 0 Å². The number of aryl methyl sites for hydroxylation is 1.